The van der Waals surface area contributed by atoms with Crippen LogP contribution in [0, 0.1) is 12.8 Å². The molecule has 0 aromatic carbocycles. The Morgan fingerprint density at radius 3 is 3.20 bits per heavy atom. The van der Waals surface area contributed by atoms with Gasteiger partial charge in [-0.2, -0.15) is 0 Å². The molecule has 3 nitrogen and oxygen atoms in total. The second-order valence-electron chi connectivity index (χ2n) is 3.97. The van der Waals surface area contributed by atoms with Crippen LogP contribution in [0.1, 0.15) is 30.2 Å². The second-order valence-corrected chi connectivity index (χ2v) is 4.86. The Bertz CT molecular complexity index is 313. The first kappa shape index (κ1) is 11.0. The van der Waals surface area contributed by atoms with E-state index in [2.05, 4.69) is 22.6 Å². The molecule has 2 unspecified atom stereocenters. The predicted octanol–water partition coefficient (Wildman–Crippen LogP) is 2.14. The summed E-state index contributed by atoms with van der Waals surface area (Å²) >= 11 is 1.72. The third-order valence-corrected chi connectivity index (χ3v) is 3.77. The van der Waals surface area contributed by atoms with Crippen LogP contribution in [-0.2, 0) is 4.74 Å². The SMILES string of the molecule is CCNCC1CCOC1c1nc(C)cs1. The molecule has 0 spiro atoms. The molecule has 1 saturated heterocycles. The van der Waals surface area contributed by atoms with Crippen molar-refractivity contribution in [1.82, 2.24) is 10.3 Å². The first-order chi connectivity index (χ1) is 7.31. The van der Waals surface area contributed by atoms with Crippen molar-refractivity contribution < 1.29 is 4.74 Å². The van der Waals surface area contributed by atoms with Crippen LogP contribution in [0.3, 0.4) is 0 Å². The summed E-state index contributed by atoms with van der Waals surface area (Å²) in [5, 5.41) is 6.64. The van der Waals surface area contributed by atoms with Crippen molar-refractivity contribution in [2.75, 3.05) is 19.7 Å². The lowest BCUT2D eigenvalue weighted by Gasteiger charge is -2.16. The Hall–Kier alpha value is -0.450. The van der Waals surface area contributed by atoms with E-state index in [4.69, 9.17) is 4.74 Å². The van der Waals surface area contributed by atoms with Crippen LogP contribution in [0.25, 0.3) is 0 Å². The van der Waals surface area contributed by atoms with Gasteiger partial charge in [0.25, 0.3) is 0 Å². The van der Waals surface area contributed by atoms with Gasteiger partial charge in [-0.05, 0) is 19.9 Å². The second kappa shape index (κ2) is 5.05. The Morgan fingerprint density at radius 2 is 2.53 bits per heavy atom. The van der Waals surface area contributed by atoms with Gasteiger partial charge in [-0.3, -0.25) is 0 Å². The van der Waals surface area contributed by atoms with Gasteiger partial charge in [0.2, 0.25) is 0 Å². The molecular weight excluding hydrogens is 208 g/mol. The molecule has 0 amide bonds. The van der Waals surface area contributed by atoms with E-state index in [9.17, 15) is 0 Å². The molecule has 2 heterocycles. The van der Waals surface area contributed by atoms with E-state index in [1.165, 1.54) is 0 Å². The van der Waals surface area contributed by atoms with Crippen molar-refractivity contribution in [3.63, 3.8) is 0 Å². The molecule has 84 valence electrons. The Kier molecular flexibility index (Phi) is 3.72. The Balaban J connectivity index is 2.01. The molecule has 1 N–H and O–H groups in total. The third-order valence-electron chi connectivity index (χ3n) is 2.75. The number of thiazole rings is 1. The quantitative estimate of drug-likeness (QED) is 0.854. The number of aromatic nitrogens is 1. The van der Waals surface area contributed by atoms with Crippen LogP contribution in [0.2, 0.25) is 0 Å². The molecule has 1 fully saturated rings. The lowest BCUT2D eigenvalue weighted by molar-refractivity contribution is 0.0903. The van der Waals surface area contributed by atoms with E-state index < -0.39 is 0 Å². The van der Waals surface area contributed by atoms with Crippen molar-refractivity contribution in [3.8, 4) is 0 Å². The van der Waals surface area contributed by atoms with Gasteiger partial charge in [0.1, 0.15) is 11.1 Å². The molecule has 2 rings (SSSR count). The predicted molar refractivity (Wildman–Crippen MR) is 62.2 cm³/mol. The van der Waals surface area contributed by atoms with Crippen molar-refractivity contribution in [3.05, 3.63) is 16.1 Å². The molecule has 1 aliphatic rings. The van der Waals surface area contributed by atoms with Gasteiger partial charge < -0.3 is 10.1 Å². The van der Waals surface area contributed by atoms with E-state index in [-0.39, 0.29) is 6.10 Å². The van der Waals surface area contributed by atoms with Crippen molar-refractivity contribution >= 4 is 11.3 Å². The fourth-order valence-corrected chi connectivity index (χ4v) is 2.88. The number of hydrogen-bond acceptors (Lipinski definition) is 4. The van der Waals surface area contributed by atoms with Gasteiger partial charge in [-0.1, -0.05) is 6.92 Å². The molecule has 15 heavy (non-hydrogen) atoms. The lowest BCUT2D eigenvalue weighted by atomic mass is 10.0. The minimum atomic E-state index is 0.225. The largest absolute Gasteiger partial charge is 0.371 e. The maximum atomic E-state index is 5.77. The molecule has 1 aromatic heterocycles. The normalized spacial score (nSPS) is 26.0. The first-order valence-corrected chi connectivity index (χ1v) is 6.43. The van der Waals surface area contributed by atoms with Gasteiger partial charge in [0.15, 0.2) is 0 Å². The summed E-state index contributed by atoms with van der Waals surface area (Å²) in [5.41, 5.74) is 1.10. The van der Waals surface area contributed by atoms with Gasteiger partial charge in [0, 0.05) is 30.1 Å². The van der Waals surface area contributed by atoms with Gasteiger partial charge in [-0.25, -0.2) is 4.98 Å². The number of nitrogens with one attached hydrogen (secondary N) is 1. The van der Waals surface area contributed by atoms with E-state index in [1.54, 1.807) is 11.3 Å². The fraction of sp³-hybridized carbons (Fsp3) is 0.727. The zero-order valence-electron chi connectivity index (χ0n) is 9.32. The summed E-state index contributed by atoms with van der Waals surface area (Å²) in [6.07, 6.45) is 1.37. The molecule has 0 aliphatic carbocycles. The van der Waals surface area contributed by atoms with Crippen LogP contribution < -0.4 is 5.32 Å². The van der Waals surface area contributed by atoms with E-state index >= 15 is 0 Å². The molecule has 0 radical (unpaired) electrons. The summed E-state index contributed by atoms with van der Waals surface area (Å²) < 4.78 is 5.77. The molecule has 1 aromatic rings. The van der Waals surface area contributed by atoms with E-state index in [1.807, 2.05) is 6.92 Å². The maximum absolute atomic E-state index is 5.77. The molecular formula is C11H18N2OS. The highest BCUT2D eigenvalue weighted by Crippen LogP contribution is 2.35. The molecule has 4 heteroatoms. The average Bonchev–Trinajstić information content (AvgIpc) is 2.82. The zero-order chi connectivity index (χ0) is 10.7. The number of ether oxygens (including phenoxy) is 1. The van der Waals surface area contributed by atoms with Crippen LogP contribution in [0.4, 0.5) is 0 Å². The Labute approximate surface area is 94.9 Å². The highest BCUT2D eigenvalue weighted by molar-refractivity contribution is 7.09. The summed E-state index contributed by atoms with van der Waals surface area (Å²) in [5.74, 6) is 0.593. The highest BCUT2D eigenvalue weighted by Gasteiger charge is 2.31. The van der Waals surface area contributed by atoms with Gasteiger partial charge >= 0.3 is 0 Å². The fourth-order valence-electron chi connectivity index (χ4n) is 1.95. The van der Waals surface area contributed by atoms with Crippen molar-refractivity contribution in [2.24, 2.45) is 5.92 Å². The number of hydrogen-bond donors (Lipinski definition) is 1. The van der Waals surface area contributed by atoms with Crippen molar-refractivity contribution in [1.29, 1.82) is 0 Å². The highest BCUT2D eigenvalue weighted by atomic mass is 32.1. The first-order valence-electron chi connectivity index (χ1n) is 5.55. The summed E-state index contributed by atoms with van der Waals surface area (Å²) in [6.45, 7) is 7.12. The number of rotatable bonds is 4. The van der Waals surface area contributed by atoms with Gasteiger partial charge in [-0.15, -0.1) is 11.3 Å². The standard InChI is InChI=1S/C11H18N2OS/c1-3-12-6-9-4-5-14-10(9)11-13-8(2)7-15-11/h7,9-10,12H,3-6H2,1-2H3. The van der Waals surface area contributed by atoms with E-state index in [0.717, 1.165) is 36.8 Å². The summed E-state index contributed by atoms with van der Waals surface area (Å²) in [7, 11) is 0. The van der Waals surface area contributed by atoms with E-state index in [0.29, 0.717) is 5.92 Å². The zero-order valence-corrected chi connectivity index (χ0v) is 10.1. The van der Waals surface area contributed by atoms with Crippen LogP contribution in [0.15, 0.2) is 5.38 Å². The maximum Gasteiger partial charge on any atom is 0.122 e. The third kappa shape index (κ3) is 2.56. The summed E-state index contributed by atoms with van der Waals surface area (Å²) in [4.78, 5) is 4.52. The van der Waals surface area contributed by atoms with Gasteiger partial charge in [0.05, 0.1) is 0 Å². The molecule has 0 bridgehead atoms. The number of aryl methyl sites for hydroxylation is 1. The summed E-state index contributed by atoms with van der Waals surface area (Å²) in [6, 6.07) is 0. The topological polar surface area (TPSA) is 34.1 Å². The van der Waals surface area contributed by atoms with Crippen LogP contribution in [0.5, 0.6) is 0 Å². The van der Waals surface area contributed by atoms with Crippen LogP contribution >= 0.6 is 11.3 Å². The molecule has 0 saturated carbocycles. The Morgan fingerprint density at radius 1 is 1.67 bits per heavy atom. The number of nitrogens with zero attached hydrogens (tertiary/aromatic N) is 1. The molecule has 2 atom stereocenters. The lowest BCUT2D eigenvalue weighted by Crippen LogP contribution is -2.24. The smallest absolute Gasteiger partial charge is 0.122 e. The van der Waals surface area contributed by atoms with Crippen molar-refractivity contribution in [2.45, 2.75) is 26.4 Å². The minimum Gasteiger partial charge on any atom is -0.371 e. The molecule has 1 aliphatic heterocycles. The van der Waals surface area contributed by atoms with Crippen LogP contribution in [-0.4, -0.2) is 24.7 Å². The monoisotopic (exact) mass is 226 g/mol. The minimum absolute atomic E-state index is 0.225. The average molecular weight is 226 g/mol.